The summed E-state index contributed by atoms with van der Waals surface area (Å²) in [7, 11) is -1.97. The van der Waals surface area contributed by atoms with Crippen molar-refractivity contribution in [3.8, 4) is 0 Å². The van der Waals surface area contributed by atoms with E-state index >= 15 is 0 Å². The third-order valence-corrected chi connectivity index (χ3v) is 5.80. The van der Waals surface area contributed by atoms with E-state index in [1.54, 1.807) is 19.2 Å². The monoisotopic (exact) mass is 341 g/mol. The van der Waals surface area contributed by atoms with Crippen molar-refractivity contribution < 1.29 is 8.42 Å². The number of nitrogens with zero attached hydrogens (tertiary/aromatic N) is 3. The van der Waals surface area contributed by atoms with Crippen LogP contribution in [0.25, 0.3) is 0 Å². The average molecular weight is 342 g/mol. The Hall–Kier alpha value is -1.37. The second kappa shape index (κ2) is 6.40. The molecule has 2 aromatic rings. The van der Waals surface area contributed by atoms with Gasteiger partial charge < -0.3 is 0 Å². The third-order valence-electron chi connectivity index (χ3n) is 3.73. The standard InChI is InChI=1S/C15H20ClN3O2S/c1-5-19-12(3)15(11(2)17-19)10-18(4)22(20,21)14-8-6-13(16)7-9-14/h6-9H,5,10H2,1-4H3. The summed E-state index contributed by atoms with van der Waals surface area (Å²) in [4.78, 5) is 0.234. The molecule has 0 N–H and O–H groups in total. The lowest BCUT2D eigenvalue weighted by Gasteiger charge is -2.17. The highest BCUT2D eigenvalue weighted by Crippen LogP contribution is 2.21. The maximum absolute atomic E-state index is 12.6. The summed E-state index contributed by atoms with van der Waals surface area (Å²) in [5.74, 6) is 0. The fourth-order valence-corrected chi connectivity index (χ4v) is 3.63. The van der Waals surface area contributed by atoms with E-state index in [0.717, 1.165) is 23.5 Å². The molecule has 0 unspecified atom stereocenters. The maximum atomic E-state index is 12.6. The Balaban J connectivity index is 2.30. The highest BCUT2D eigenvalue weighted by atomic mass is 35.5. The molecule has 0 amide bonds. The van der Waals surface area contributed by atoms with Gasteiger partial charge in [-0.15, -0.1) is 0 Å². The molecular formula is C15H20ClN3O2S. The molecule has 1 aromatic carbocycles. The second-order valence-corrected chi connectivity index (χ2v) is 7.66. The largest absolute Gasteiger partial charge is 0.270 e. The highest BCUT2D eigenvalue weighted by molar-refractivity contribution is 7.89. The number of rotatable bonds is 5. The van der Waals surface area contributed by atoms with Crippen LogP contribution in [0.5, 0.6) is 0 Å². The molecule has 5 nitrogen and oxygen atoms in total. The van der Waals surface area contributed by atoms with Crippen LogP contribution >= 0.6 is 11.6 Å². The molecule has 7 heteroatoms. The van der Waals surface area contributed by atoms with Crippen LogP contribution in [-0.4, -0.2) is 29.6 Å². The summed E-state index contributed by atoms with van der Waals surface area (Å²) in [6, 6.07) is 6.19. The Labute approximate surface area is 136 Å². The Bertz CT molecular complexity index is 767. The lowest BCUT2D eigenvalue weighted by molar-refractivity contribution is 0.465. The summed E-state index contributed by atoms with van der Waals surface area (Å²) in [5.41, 5.74) is 2.80. The Morgan fingerprint density at radius 3 is 2.32 bits per heavy atom. The smallest absolute Gasteiger partial charge is 0.243 e. The van der Waals surface area contributed by atoms with Crippen molar-refractivity contribution in [1.29, 1.82) is 0 Å². The Morgan fingerprint density at radius 1 is 1.23 bits per heavy atom. The summed E-state index contributed by atoms with van der Waals surface area (Å²) in [5, 5.41) is 4.94. The molecule has 0 aliphatic heterocycles. The van der Waals surface area contributed by atoms with E-state index in [1.165, 1.54) is 16.4 Å². The van der Waals surface area contributed by atoms with Gasteiger partial charge in [0.1, 0.15) is 0 Å². The fourth-order valence-electron chi connectivity index (χ4n) is 2.36. The van der Waals surface area contributed by atoms with Crippen LogP contribution < -0.4 is 0 Å². The molecule has 22 heavy (non-hydrogen) atoms. The van der Waals surface area contributed by atoms with Crippen LogP contribution in [0.3, 0.4) is 0 Å². The number of aromatic nitrogens is 2. The maximum Gasteiger partial charge on any atom is 0.243 e. The van der Waals surface area contributed by atoms with Crippen molar-refractivity contribution in [3.05, 3.63) is 46.2 Å². The molecule has 0 aliphatic rings. The lowest BCUT2D eigenvalue weighted by Crippen LogP contribution is -2.27. The molecular weight excluding hydrogens is 322 g/mol. The average Bonchev–Trinajstić information content (AvgIpc) is 2.75. The normalized spacial score (nSPS) is 12.1. The molecule has 0 bridgehead atoms. The van der Waals surface area contributed by atoms with E-state index in [0.29, 0.717) is 11.6 Å². The first kappa shape index (κ1) is 17.0. The molecule has 1 heterocycles. The molecule has 2 rings (SSSR count). The zero-order valence-corrected chi connectivity index (χ0v) is 14.7. The molecule has 0 radical (unpaired) electrons. The van der Waals surface area contributed by atoms with E-state index in [9.17, 15) is 8.42 Å². The quantitative estimate of drug-likeness (QED) is 0.840. The van der Waals surface area contributed by atoms with Crippen molar-refractivity contribution in [2.45, 2.75) is 38.8 Å². The van der Waals surface area contributed by atoms with Crippen molar-refractivity contribution in [1.82, 2.24) is 14.1 Å². The minimum atomic E-state index is -3.55. The number of benzene rings is 1. The van der Waals surface area contributed by atoms with Crippen molar-refractivity contribution >= 4 is 21.6 Å². The van der Waals surface area contributed by atoms with Gasteiger partial charge in [0.05, 0.1) is 10.6 Å². The zero-order chi connectivity index (χ0) is 16.5. The third kappa shape index (κ3) is 3.19. The molecule has 120 valence electrons. The van der Waals surface area contributed by atoms with E-state index in [4.69, 9.17) is 11.6 Å². The number of aryl methyl sites for hydroxylation is 2. The van der Waals surface area contributed by atoms with Crippen molar-refractivity contribution in [3.63, 3.8) is 0 Å². The molecule has 0 atom stereocenters. The van der Waals surface area contributed by atoms with E-state index in [-0.39, 0.29) is 4.90 Å². The Morgan fingerprint density at radius 2 is 1.82 bits per heavy atom. The summed E-state index contributed by atoms with van der Waals surface area (Å²) in [6.07, 6.45) is 0. The van der Waals surface area contributed by atoms with Gasteiger partial charge in [0.15, 0.2) is 0 Å². The van der Waals surface area contributed by atoms with Gasteiger partial charge in [-0.05, 0) is 45.0 Å². The van der Waals surface area contributed by atoms with Crippen LogP contribution in [-0.2, 0) is 23.1 Å². The first-order chi connectivity index (χ1) is 10.3. The van der Waals surface area contributed by atoms with Gasteiger partial charge >= 0.3 is 0 Å². The molecule has 0 spiro atoms. The fraction of sp³-hybridized carbons (Fsp3) is 0.400. The van der Waals surface area contributed by atoms with Crippen LogP contribution in [0.2, 0.25) is 5.02 Å². The molecule has 1 aromatic heterocycles. The van der Waals surface area contributed by atoms with Gasteiger partial charge in [0.2, 0.25) is 10.0 Å². The number of hydrogen-bond donors (Lipinski definition) is 0. The van der Waals surface area contributed by atoms with Crippen LogP contribution in [0.1, 0.15) is 23.9 Å². The van der Waals surface area contributed by atoms with Gasteiger partial charge in [0.25, 0.3) is 0 Å². The van der Waals surface area contributed by atoms with Gasteiger partial charge in [-0.25, -0.2) is 8.42 Å². The lowest BCUT2D eigenvalue weighted by atomic mass is 10.2. The first-order valence-corrected chi connectivity index (χ1v) is 8.84. The van der Waals surface area contributed by atoms with Crippen molar-refractivity contribution in [2.24, 2.45) is 0 Å². The zero-order valence-electron chi connectivity index (χ0n) is 13.2. The van der Waals surface area contributed by atoms with E-state index in [1.807, 2.05) is 25.5 Å². The van der Waals surface area contributed by atoms with E-state index < -0.39 is 10.0 Å². The minimum absolute atomic E-state index is 0.234. The highest BCUT2D eigenvalue weighted by Gasteiger charge is 2.23. The van der Waals surface area contributed by atoms with Gasteiger partial charge in [-0.1, -0.05) is 11.6 Å². The predicted molar refractivity (Wildman–Crippen MR) is 87.5 cm³/mol. The molecule has 0 saturated carbocycles. The minimum Gasteiger partial charge on any atom is -0.270 e. The van der Waals surface area contributed by atoms with Crippen LogP contribution in [0.15, 0.2) is 29.2 Å². The first-order valence-electron chi connectivity index (χ1n) is 7.02. The SMILES string of the molecule is CCn1nc(C)c(CN(C)S(=O)(=O)c2ccc(Cl)cc2)c1C. The molecule has 0 fully saturated rings. The summed E-state index contributed by atoms with van der Waals surface area (Å²) >= 11 is 5.81. The van der Waals surface area contributed by atoms with Gasteiger partial charge in [0, 0.05) is 36.4 Å². The molecule has 0 saturated heterocycles. The van der Waals surface area contributed by atoms with E-state index in [2.05, 4.69) is 5.10 Å². The predicted octanol–water partition coefficient (Wildman–Crippen LogP) is 2.99. The van der Waals surface area contributed by atoms with Crippen molar-refractivity contribution in [2.75, 3.05) is 7.05 Å². The molecule has 0 aliphatic carbocycles. The number of hydrogen-bond acceptors (Lipinski definition) is 3. The topological polar surface area (TPSA) is 55.2 Å². The number of halogens is 1. The van der Waals surface area contributed by atoms with Crippen LogP contribution in [0.4, 0.5) is 0 Å². The summed E-state index contributed by atoms with van der Waals surface area (Å²) < 4.78 is 28.4. The Kier molecular flexibility index (Phi) is 4.94. The summed E-state index contributed by atoms with van der Waals surface area (Å²) in [6.45, 7) is 6.93. The van der Waals surface area contributed by atoms with Gasteiger partial charge in [-0.2, -0.15) is 9.40 Å². The number of sulfonamides is 1. The van der Waals surface area contributed by atoms with Gasteiger partial charge in [-0.3, -0.25) is 4.68 Å². The van der Waals surface area contributed by atoms with Crippen LogP contribution in [0, 0.1) is 13.8 Å². The second-order valence-electron chi connectivity index (χ2n) is 5.18.